The molecule has 84 valence electrons. The molecule has 3 nitrogen and oxygen atoms in total. The molecular weight excluding hydrogens is 200 g/mol. The molecule has 0 fully saturated rings. The van der Waals surface area contributed by atoms with Gasteiger partial charge >= 0.3 is 0 Å². The molecule has 0 saturated heterocycles. The predicted molar refractivity (Wildman–Crippen MR) is 63.0 cm³/mol. The highest BCUT2D eigenvalue weighted by molar-refractivity contribution is 5.30. The summed E-state index contributed by atoms with van der Waals surface area (Å²) in [6, 6.07) is 10.0. The number of azo groups is 1. The van der Waals surface area contributed by atoms with Gasteiger partial charge in [0, 0.05) is 12.2 Å². The summed E-state index contributed by atoms with van der Waals surface area (Å²) >= 11 is 0. The maximum atomic E-state index is 5.77. The molecule has 1 aromatic rings. The largest absolute Gasteiger partial charge is 0.345 e. The molecular formula is C13H16N2O. The first kappa shape index (κ1) is 11.0. The molecule has 0 aliphatic carbocycles. The van der Waals surface area contributed by atoms with Crippen molar-refractivity contribution in [2.24, 2.45) is 10.2 Å². The summed E-state index contributed by atoms with van der Waals surface area (Å²) in [5.74, 6) is 0. The minimum absolute atomic E-state index is 0.613. The van der Waals surface area contributed by atoms with Gasteiger partial charge in [0.25, 0.3) is 0 Å². The van der Waals surface area contributed by atoms with Crippen molar-refractivity contribution in [2.45, 2.75) is 26.0 Å². The predicted octanol–water partition coefficient (Wildman–Crippen LogP) is 3.64. The van der Waals surface area contributed by atoms with E-state index in [1.54, 1.807) is 0 Å². The van der Waals surface area contributed by atoms with Crippen molar-refractivity contribution in [3.63, 3.8) is 0 Å². The third-order valence-electron chi connectivity index (χ3n) is 2.60. The molecule has 1 unspecified atom stereocenters. The van der Waals surface area contributed by atoms with Gasteiger partial charge in [-0.2, -0.15) is 5.11 Å². The van der Waals surface area contributed by atoms with Gasteiger partial charge in [-0.05, 0) is 19.4 Å². The number of hydrogen-bond acceptors (Lipinski definition) is 3. The van der Waals surface area contributed by atoms with Gasteiger partial charge in [-0.25, -0.2) is 0 Å². The first-order valence-corrected chi connectivity index (χ1v) is 5.65. The van der Waals surface area contributed by atoms with E-state index in [4.69, 9.17) is 4.74 Å². The van der Waals surface area contributed by atoms with Crippen LogP contribution in [0, 0.1) is 0 Å². The maximum absolute atomic E-state index is 5.77. The quantitative estimate of drug-likeness (QED) is 0.756. The molecule has 0 N–H and O–H groups in total. The summed E-state index contributed by atoms with van der Waals surface area (Å²) < 4.78 is 5.77. The number of ether oxygens (including phenoxy) is 1. The zero-order chi connectivity index (χ0) is 11.4. The fourth-order valence-corrected chi connectivity index (χ4v) is 1.79. The lowest BCUT2D eigenvalue weighted by Crippen LogP contribution is -2.23. The van der Waals surface area contributed by atoms with Gasteiger partial charge in [0.2, 0.25) is 5.72 Å². The van der Waals surface area contributed by atoms with Gasteiger partial charge in [0.05, 0.1) is 5.70 Å². The Morgan fingerprint density at radius 2 is 1.94 bits per heavy atom. The van der Waals surface area contributed by atoms with Crippen LogP contribution in [0.3, 0.4) is 0 Å². The first-order valence-electron chi connectivity index (χ1n) is 5.65. The molecule has 1 atom stereocenters. The van der Waals surface area contributed by atoms with Crippen molar-refractivity contribution in [1.29, 1.82) is 0 Å². The Morgan fingerprint density at radius 1 is 1.19 bits per heavy atom. The van der Waals surface area contributed by atoms with Gasteiger partial charge in [-0.3, -0.25) is 0 Å². The summed E-state index contributed by atoms with van der Waals surface area (Å²) in [5.41, 5.74) is 1.32. The lowest BCUT2D eigenvalue weighted by Gasteiger charge is -2.22. The summed E-state index contributed by atoms with van der Waals surface area (Å²) in [6.45, 7) is 4.65. The topological polar surface area (TPSA) is 34.0 Å². The molecule has 1 aliphatic heterocycles. The number of allylic oxidation sites excluding steroid dienone is 1. The Kier molecular flexibility index (Phi) is 3.15. The van der Waals surface area contributed by atoms with E-state index in [0.717, 1.165) is 17.7 Å². The van der Waals surface area contributed by atoms with Crippen LogP contribution in [0.2, 0.25) is 0 Å². The van der Waals surface area contributed by atoms with E-state index in [1.807, 2.05) is 43.3 Å². The van der Waals surface area contributed by atoms with E-state index in [9.17, 15) is 0 Å². The molecule has 2 rings (SSSR count). The normalized spacial score (nSPS) is 23.5. The number of hydrogen-bond donors (Lipinski definition) is 0. The van der Waals surface area contributed by atoms with Gasteiger partial charge in [-0.1, -0.05) is 37.3 Å². The fraction of sp³-hybridized carbons (Fsp3) is 0.385. The van der Waals surface area contributed by atoms with Crippen LogP contribution in [0.15, 0.2) is 52.3 Å². The monoisotopic (exact) mass is 216 g/mol. The fourth-order valence-electron chi connectivity index (χ4n) is 1.79. The van der Waals surface area contributed by atoms with Crippen LogP contribution in [-0.2, 0) is 10.5 Å². The average Bonchev–Trinajstić information content (AvgIpc) is 2.76. The summed E-state index contributed by atoms with van der Waals surface area (Å²) in [6.07, 6.45) is 2.89. The van der Waals surface area contributed by atoms with Crippen LogP contribution in [0.25, 0.3) is 0 Å². The Hall–Kier alpha value is -1.48. The molecule has 0 amide bonds. The van der Waals surface area contributed by atoms with Gasteiger partial charge in [0.1, 0.15) is 0 Å². The Bertz CT molecular complexity index is 411. The van der Waals surface area contributed by atoms with Crippen molar-refractivity contribution in [2.75, 3.05) is 6.61 Å². The van der Waals surface area contributed by atoms with Crippen LogP contribution in [0.5, 0.6) is 0 Å². The minimum Gasteiger partial charge on any atom is -0.345 e. The van der Waals surface area contributed by atoms with Gasteiger partial charge in [-0.15, -0.1) is 5.11 Å². The Morgan fingerprint density at radius 3 is 2.50 bits per heavy atom. The van der Waals surface area contributed by atoms with E-state index in [0.29, 0.717) is 6.61 Å². The molecule has 0 bridgehead atoms. The summed E-state index contributed by atoms with van der Waals surface area (Å²) in [5, 5.41) is 8.45. The van der Waals surface area contributed by atoms with Crippen LogP contribution < -0.4 is 0 Å². The highest BCUT2D eigenvalue weighted by Gasteiger charge is 2.34. The number of nitrogens with zero attached hydrogens (tertiary/aromatic N) is 2. The summed E-state index contributed by atoms with van der Waals surface area (Å²) in [4.78, 5) is 0. The van der Waals surface area contributed by atoms with Gasteiger partial charge in [0.15, 0.2) is 0 Å². The minimum atomic E-state index is -0.693. The zero-order valence-electron chi connectivity index (χ0n) is 9.68. The second kappa shape index (κ2) is 4.58. The molecule has 0 spiro atoms. The van der Waals surface area contributed by atoms with E-state index >= 15 is 0 Å². The standard InChI is InChI=1S/C13H16N2O/c1-3-12-10-13(15-14-12,16-4-2)11-8-6-5-7-9-11/h5-10H,3-4H2,1-2H3. The van der Waals surface area contributed by atoms with E-state index in [1.165, 1.54) is 0 Å². The highest BCUT2D eigenvalue weighted by Crippen LogP contribution is 2.36. The molecule has 16 heavy (non-hydrogen) atoms. The lowest BCUT2D eigenvalue weighted by atomic mass is 10.0. The van der Waals surface area contributed by atoms with Crippen LogP contribution in [-0.4, -0.2) is 6.61 Å². The van der Waals surface area contributed by atoms with E-state index < -0.39 is 5.72 Å². The second-order valence-corrected chi connectivity index (χ2v) is 3.68. The van der Waals surface area contributed by atoms with Crippen LogP contribution in [0.4, 0.5) is 0 Å². The summed E-state index contributed by atoms with van der Waals surface area (Å²) in [7, 11) is 0. The molecule has 1 aromatic carbocycles. The van der Waals surface area contributed by atoms with E-state index in [-0.39, 0.29) is 0 Å². The third-order valence-corrected chi connectivity index (χ3v) is 2.60. The van der Waals surface area contributed by atoms with Crippen LogP contribution in [0.1, 0.15) is 25.8 Å². The van der Waals surface area contributed by atoms with Gasteiger partial charge < -0.3 is 4.74 Å². The number of rotatable bonds is 4. The maximum Gasteiger partial charge on any atom is 0.226 e. The van der Waals surface area contributed by atoms with Crippen molar-refractivity contribution < 1.29 is 4.74 Å². The molecule has 0 aromatic heterocycles. The first-order chi connectivity index (χ1) is 7.80. The third kappa shape index (κ3) is 1.91. The van der Waals surface area contributed by atoms with Crippen molar-refractivity contribution in [3.8, 4) is 0 Å². The second-order valence-electron chi connectivity index (χ2n) is 3.68. The van der Waals surface area contributed by atoms with Crippen molar-refractivity contribution >= 4 is 0 Å². The number of benzene rings is 1. The smallest absolute Gasteiger partial charge is 0.226 e. The molecule has 1 aliphatic rings. The van der Waals surface area contributed by atoms with Crippen molar-refractivity contribution in [1.82, 2.24) is 0 Å². The van der Waals surface area contributed by atoms with Crippen LogP contribution >= 0.6 is 0 Å². The molecule has 1 heterocycles. The lowest BCUT2D eigenvalue weighted by molar-refractivity contribution is 0.00101. The Labute approximate surface area is 95.9 Å². The molecule has 0 radical (unpaired) electrons. The highest BCUT2D eigenvalue weighted by atomic mass is 16.5. The zero-order valence-corrected chi connectivity index (χ0v) is 9.68. The van der Waals surface area contributed by atoms with E-state index in [2.05, 4.69) is 17.2 Å². The SMILES string of the molecule is CCOC1(c2ccccc2)C=C(CC)N=N1. The average molecular weight is 216 g/mol. The molecule has 3 heteroatoms. The van der Waals surface area contributed by atoms with Crippen molar-refractivity contribution in [3.05, 3.63) is 47.7 Å². The Balaban J connectivity index is 2.39. The molecule has 0 saturated carbocycles.